The molecule has 2 aliphatic heterocycles. The number of carbonyl (C=O) groups is 3. The Morgan fingerprint density at radius 1 is 1.08 bits per heavy atom. The van der Waals surface area contributed by atoms with Crippen molar-refractivity contribution in [1.29, 1.82) is 0 Å². The standard InChI is InChI=1S/C26H31ClN4O5/c1-4-16(2)23(29-24(32)18-5-10-21-22(13-18)36-15-35-21)25(33)30-11-12-31(17(3)14-30)26(34)28-20-8-6-19(27)7-9-20/h5-10,13,16-17,23H,4,11-12,14-15H2,1-3H3,(H,28,34)(H,29,32). The van der Waals surface area contributed by atoms with Gasteiger partial charge in [0.05, 0.1) is 0 Å². The molecule has 0 aliphatic carbocycles. The first-order chi connectivity index (χ1) is 17.3. The third-order valence-electron chi connectivity index (χ3n) is 6.70. The van der Waals surface area contributed by atoms with Crippen LogP contribution in [0.3, 0.4) is 0 Å². The van der Waals surface area contributed by atoms with Crippen LogP contribution in [-0.4, -0.2) is 66.2 Å². The van der Waals surface area contributed by atoms with Crippen LogP contribution in [0.15, 0.2) is 42.5 Å². The molecule has 2 aromatic rings. The smallest absolute Gasteiger partial charge is 0.322 e. The molecule has 0 spiro atoms. The number of hydrogen-bond acceptors (Lipinski definition) is 5. The lowest BCUT2D eigenvalue weighted by molar-refractivity contribution is -0.136. The first-order valence-corrected chi connectivity index (χ1v) is 12.5. The van der Waals surface area contributed by atoms with Gasteiger partial charge in [-0.1, -0.05) is 31.9 Å². The van der Waals surface area contributed by atoms with Crippen LogP contribution >= 0.6 is 11.6 Å². The summed E-state index contributed by atoms with van der Waals surface area (Å²) in [6.45, 7) is 7.10. The zero-order valence-electron chi connectivity index (χ0n) is 20.6. The zero-order valence-corrected chi connectivity index (χ0v) is 21.4. The predicted molar refractivity (Wildman–Crippen MR) is 136 cm³/mol. The highest BCUT2D eigenvalue weighted by Crippen LogP contribution is 2.32. The number of urea groups is 1. The monoisotopic (exact) mass is 514 g/mol. The summed E-state index contributed by atoms with van der Waals surface area (Å²) in [5.41, 5.74) is 1.05. The third kappa shape index (κ3) is 5.67. The minimum Gasteiger partial charge on any atom is -0.454 e. The maximum atomic E-state index is 13.5. The number of fused-ring (bicyclic) bond motifs is 1. The number of ether oxygens (including phenoxy) is 2. The zero-order chi connectivity index (χ0) is 25.8. The van der Waals surface area contributed by atoms with Crippen molar-refractivity contribution in [2.75, 3.05) is 31.7 Å². The second-order valence-corrected chi connectivity index (χ2v) is 9.60. The summed E-state index contributed by atoms with van der Waals surface area (Å²) in [6.07, 6.45) is 0.719. The van der Waals surface area contributed by atoms with Gasteiger partial charge in [-0.15, -0.1) is 0 Å². The highest BCUT2D eigenvalue weighted by atomic mass is 35.5. The summed E-state index contributed by atoms with van der Waals surface area (Å²) >= 11 is 5.92. The van der Waals surface area contributed by atoms with Crippen LogP contribution in [0.2, 0.25) is 5.02 Å². The van der Waals surface area contributed by atoms with Gasteiger partial charge in [0.15, 0.2) is 11.5 Å². The average Bonchev–Trinajstić information content (AvgIpc) is 3.35. The number of hydrogen-bond donors (Lipinski definition) is 2. The van der Waals surface area contributed by atoms with E-state index in [1.807, 2.05) is 20.8 Å². The fourth-order valence-electron chi connectivity index (χ4n) is 4.33. The second-order valence-electron chi connectivity index (χ2n) is 9.17. The molecule has 1 fully saturated rings. The van der Waals surface area contributed by atoms with Gasteiger partial charge in [0.2, 0.25) is 12.7 Å². The van der Waals surface area contributed by atoms with Crippen LogP contribution in [0.5, 0.6) is 11.5 Å². The van der Waals surface area contributed by atoms with E-state index in [1.54, 1.807) is 52.3 Å². The van der Waals surface area contributed by atoms with Gasteiger partial charge in [-0.3, -0.25) is 9.59 Å². The molecule has 3 unspecified atom stereocenters. The number of nitrogens with one attached hydrogen (secondary N) is 2. The molecule has 0 bridgehead atoms. The molecule has 192 valence electrons. The van der Waals surface area contributed by atoms with E-state index in [0.29, 0.717) is 47.4 Å². The van der Waals surface area contributed by atoms with Crippen molar-refractivity contribution in [3.63, 3.8) is 0 Å². The van der Waals surface area contributed by atoms with Crippen molar-refractivity contribution in [3.8, 4) is 11.5 Å². The Morgan fingerprint density at radius 3 is 2.50 bits per heavy atom. The molecule has 9 nitrogen and oxygen atoms in total. The van der Waals surface area contributed by atoms with Crippen LogP contribution in [0.25, 0.3) is 0 Å². The minimum atomic E-state index is -0.686. The van der Waals surface area contributed by atoms with Gasteiger partial charge < -0.3 is 29.9 Å². The molecule has 0 saturated carbocycles. The van der Waals surface area contributed by atoms with E-state index >= 15 is 0 Å². The van der Waals surface area contributed by atoms with E-state index in [1.165, 1.54) is 0 Å². The van der Waals surface area contributed by atoms with E-state index in [2.05, 4.69) is 10.6 Å². The van der Waals surface area contributed by atoms with Crippen LogP contribution < -0.4 is 20.1 Å². The molecule has 0 aromatic heterocycles. The summed E-state index contributed by atoms with van der Waals surface area (Å²) in [7, 11) is 0. The van der Waals surface area contributed by atoms with Gasteiger partial charge in [0.25, 0.3) is 5.91 Å². The maximum absolute atomic E-state index is 13.5. The average molecular weight is 515 g/mol. The maximum Gasteiger partial charge on any atom is 0.322 e. The molecule has 2 aromatic carbocycles. The molecule has 1 saturated heterocycles. The molecule has 10 heteroatoms. The summed E-state index contributed by atoms with van der Waals surface area (Å²) in [6, 6.07) is 10.8. The Kier molecular flexibility index (Phi) is 7.88. The SMILES string of the molecule is CCC(C)C(NC(=O)c1ccc2c(c1)OCO2)C(=O)N1CCN(C(=O)Nc2ccc(Cl)cc2)C(C)C1. The number of piperazine rings is 1. The molecular weight excluding hydrogens is 484 g/mol. The number of halogens is 1. The first-order valence-electron chi connectivity index (χ1n) is 12.1. The van der Waals surface area contributed by atoms with Crippen LogP contribution in [0.1, 0.15) is 37.6 Å². The number of anilines is 1. The van der Waals surface area contributed by atoms with Crippen molar-refractivity contribution < 1.29 is 23.9 Å². The van der Waals surface area contributed by atoms with Crippen molar-refractivity contribution in [2.45, 2.75) is 39.3 Å². The highest BCUT2D eigenvalue weighted by Gasteiger charge is 2.35. The summed E-state index contributed by atoms with van der Waals surface area (Å²) in [5.74, 6) is 0.532. The molecule has 3 atom stereocenters. The lowest BCUT2D eigenvalue weighted by Gasteiger charge is -2.41. The number of rotatable bonds is 6. The summed E-state index contributed by atoms with van der Waals surface area (Å²) < 4.78 is 10.7. The quantitative estimate of drug-likeness (QED) is 0.607. The van der Waals surface area contributed by atoms with Crippen LogP contribution in [0.4, 0.5) is 10.5 Å². The lowest BCUT2D eigenvalue weighted by atomic mass is 9.96. The largest absolute Gasteiger partial charge is 0.454 e. The topological polar surface area (TPSA) is 100 Å². The minimum absolute atomic E-state index is 0.0722. The van der Waals surface area contributed by atoms with Gasteiger partial charge in [-0.05, 0) is 55.3 Å². The fourth-order valence-corrected chi connectivity index (χ4v) is 4.46. The first kappa shape index (κ1) is 25.6. The van der Waals surface area contributed by atoms with E-state index in [4.69, 9.17) is 21.1 Å². The third-order valence-corrected chi connectivity index (χ3v) is 6.95. The molecule has 36 heavy (non-hydrogen) atoms. The molecule has 4 amide bonds. The summed E-state index contributed by atoms with van der Waals surface area (Å²) in [4.78, 5) is 42.8. The molecule has 4 rings (SSSR count). The Hall–Kier alpha value is -3.46. The predicted octanol–water partition coefficient (Wildman–Crippen LogP) is 3.98. The van der Waals surface area contributed by atoms with E-state index in [-0.39, 0.29) is 36.6 Å². The van der Waals surface area contributed by atoms with Gasteiger partial charge in [0.1, 0.15) is 6.04 Å². The normalized spacial score (nSPS) is 18.4. The van der Waals surface area contributed by atoms with Gasteiger partial charge >= 0.3 is 6.03 Å². The van der Waals surface area contributed by atoms with Crippen molar-refractivity contribution in [2.24, 2.45) is 5.92 Å². The van der Waals surface area contributed by atoms with E-state index < -0.39 is 6.04 Å². The Balaban J connectivity index is 1.39. The van der Waals surface area contributed by atoms with Crippen molar-refractivity contribution in [1.82, 2.24) is 15.1 Å². The van der Waals surface area contributed by atoms with Crippen molar-refractivity contribution in [3.05, 3.63) is 53.1 Å². The van der Waals surface area contributed by atoms with Gasteiger partial charge in [-0.25, -0.2) is 4.79 Å². The van der Waals surface area contributed by atoms with E-state index in [9.17, 15) is 14.4 Å². The Bertz CT molecular complexity index is 1130. The molecular formula is C26H31ClN4O5. The molecule has 2 aliphatic rings. The molecule has 2 heterocycles. The number of nitrogens with zero attached hydrogens (tertiary/aromatic N) is 2. The second kappa shape index (κ2) is 11.1. The number of amides is 4. The Labute approximate surface area is 215 Å². The fraction of sp³-hybridized carbons (Fsp3) is 0.423. The van der Waals surface area contributed by atoms with Crippen LogP contribution in [0, 0.1) is 5.92 Å². The van der Waals surface area contributed by atoms with E-state index in [0.717, 1.165) is 6.42 Å². The lowest BCUT2D eigenvalue weighted by Crippen LogP contribution is -2.60. The van der Waals surface area contributed by atoms with Gasteiger partial charge in [-0.2, -0.15) is 0 Å². The van der Waals surface area contributed by atoms with Crippen LogP contribution in [-0.2, 0) is 4.79 Å². The highest BCUT2D eigenvalue weighted by molar-refractivity contribution is 6.30. The van der Waals surface area contributed by atoms with Gasteiger partial charge in [0, 0.05) is 41.9 Å². The number of benzene rings is 2. The molecule has 2 N–H and O–H groups in total. The van der Waals surface area contributed by atoms with Crippen molar-refractivity contribution >= 4 is 35.1 Å². The Morgan fingerprint density at radius 2 is 1.81 bits per heavy atom. The molecule has 0 radical (unpaired) electrons. The summed E-state index contributed by atoms with van der Waals surface area (Å²) in [5, 5.41) is 6.39. The number of carbonyl (C=O) groups excluding carboxylic acids is 3.